The minimum absolute atomic E-state index is 0.374. The van der Waals surface area contributed by atoms with Crippen LogP contribution >= 0.6 is 0 Å². The highest BCUT2D eigenvalue weighted by Crippen LogP contribution is 2.35. The van der Waals surface area contributed by atoms with Crippen LogP contribution in [0.2, 0.25) is 0 Å². The molecule has 0 aromatic carbocycles. The molecule has 3 atom stereocenters. The van der Waals surface area contributed by atoms with E-state index in [4.69, 9.17) is 0 Å². The van der Waals surface area contributed by atoms with Gasteiger partial charge in [-0.3, -0.25) is 4.79 Å². The van der Waals surface area contributed by atoms with Gasteiger partial charge >= 0.3 is 0 Å². The second-order valence-electron chi connectivity index (χ2n) is 4.19. The average Bonchev–Trinajstić information content (AvgIpc) is 2.08. The summed E-state index contributed by atoms with van der Waals surface area (Å²) in [5.74, 6) is 2.22. The Morgan fingerprint density at radius 1 is 1.33 bits per heavy atom. The van der Waals surface area contributed by atoms with Crippen LogP contribution in [-0.4, -0.2) is 5.78 Å². The number of ketones is 1. The number of carbonyl (C=O) groups is 1. The molecule has 0 bridgehead atoms. The van der Waals surface area contributed by atoms with Gasteiger partial charge in [-0.05, 0) is 18.3 Å². The van der Waals surface area contributed by atoms with E-state index in [1.807, 2.05) is 6.92 Å². The lowest BCUT2D eigenvalue weighted by atomic mass is 9.72. The van der Waals surface area contributed by atoms with Gasteiger partial charge in [0.25, 0.3) is 0 Å². The van der Waals surface area contributed by atoms with Crippen molar-refractivity contribution >= 4 is 5.78 Å². The summed E-state index contributed by atoms with van der Waals surface area (Å²) in [4.78, 5) is 11.5. The Hall–Kier alpha value is -0.330. The van der Waals surface area contributed by atoms with Crippen molar-refractivity contribution in [2.75, 3.05) is 0 Å². The van der Waals surface area contributed by atoms with Crippen LogP contribution in [0.4, 0.5) is 0 Å². The fourth-order valence-corrected chi connectivity index (χ4v) is 2.30. The number of rotatable bonds is 2. The largest absolute Gasteiger partial charge is 0.299 e. The summed E-state index contributed by atoms with van der Waals surface area (Å²) in [6.45, 7) is 6.50. The van der Waals surface area contributed by atoms with E-state index in [1.54, 1.807) is 0 Å². The summed E-state index contributed by atoms with van der Waals surface area (Å²) in [7, 11) is 0. The maximum atomic E-state index is 11.5. The molecule has 0 spiro atoms. The van der Waals surface area contributed by atoms with E-state index in [1.165, 1.54) is 12.8 Å². The van der Waals surface area contributed by atoms with Crippen LogP contribution in [0.15, 0.2) is 0 Å². The van der Waals surface area contributed by atoms with Gasteiger partial charge in [0.05, 0.1) is 0 Å². The predicted molar refractivity (Wildman–Crippen MR) is 51.0 cm³/mol. The summed E-state index contributed by atoms with van der Waals surface area (Å²) in [6, 6.07) is 0. The molecule has 0 aromatic heterocycles. The third-order valence-electron chi connectivity index (χ3n) is 3.47. The summed E-state index contributed by atoms with van der Waals surface area (Å²) < 4.78 is 0. The highest BCUT2D eigenvalue weighted by molar-refractivity contribution is 5.81. The molecule has 70 valence electrons. The number of hydrogen-bond donors (Lipinski definition) is 0. The van der Waals surface area contributed by atoms with Crippen molar-refractivity contribution in [1.82, 2.24) is 0 Å². The van der Waals surface area contributed by atoms with Gasteiger partial charge in [0.1, 0.15) is 5.78 Å². The Morgan fingerprint density at radius 3 is 2.58 bits per heavy atom. The zero-order chi connectivity index (χ0) is 9.14. The molecule has 0 saturated heterocycles. The van der Waals surface area contributed by atoms with Crippen LogP contribution in [0, 0.1) is 17.8 Å². The Kier molecular flexibility index (Phi) is 3.30. The highest BCUT2D eigenvalue weighted by Gasteiger charge is 2.30. The number of carbonyl (C=O) groups excluding carboxylic acids is 1. The van der Waals surface area contributed by atoms with Gasteiger partial charge in [0.2, 0.25) is 0 Å². The standard InChI is InChI=1S/C11H20O/c1-4-11(12)10-7-5-6-8(2)9(10)3/h8-10H,4-7H2,1-3H3. The third-order valence-corrected chi connectivity index (χ3v) is 3.47. The monoisotopic (exact) mass is 168 g/mol. The van der Waals surface area contributed by atoms with E-state index >= 15 is 0 Å². The molecule has 0 heterocycles. The van der Waals surface area contributed by atoms with Crippen LogP contribution in [0.3, 0.4) is 0 Å². The first-order chi connectivity index (χ1) is 5.66. The van der Waals surface area contributed by atoms with Crippen LogP contribution < -0.4 is 0 Å². The SMILES string of the molecule is CCC(=O)C1CCCC(C)C1C. The second kappa shape index (κ2) is 4.06. The zero-order valence-electron chi connectivity index (χ0n) is 8.47. The molecule has 0 radical (unpaired) electrons. The summed E-state index contributed by atoms with van der Waals surface area (Å²) >= 11 is 0. The van der Waals surface area contributed by atoms with Gasteiger partial charge < -0.3 is 0 Å². The molecule has 1 aliphatic rings. The van der Waals surface area contributed by atoms with Gasteiger partial charge in [-0.2, -0.15) is 0 Å². The van der Waals surface area contributed by atoms with Gasteiger partial charge in [0, 0.05) is 12.3 Å². The Morgan fingerprint density at radius 2 is 2.00 bits per heavy atom. The minimum atomic E-state index is 0.374. The smallest absolute Gasteiger partial charge is 0.135 e. The maximum Gasteiger partial charge on any atom is 0.135 e. The molecular weight excluding hydrogens is 148 g/mol. The fraction of sp³-hybridized carbons (Fsp3) is 0.909. The van der Waals surface area contributed by atoms with Gasteiger partial charge in [-0.1, -0.05) is 33.6 Å². The van der Waals surface area contributed by atoms with Crippen LogP contribution in [0.25, 0.3) is 0 Å². The van der Waals surface area contributed by atoms with Crippen LogP contribution in [-0.2, 0) is 4.79 Å². The Balaban J connectivity index is 2.57. The third kappa shape index (κ3) is 1.88. The summed E-state index contributed by atoms with van der Waals surface area (Å²) in [5.41, 5.74) is 0. The van der Waals surface area contributed by atoms with Gasteiger partial charge in [-0.25, -0.2) is 0 Å². The molecule has 3 unspecified atom stereocenters. The molecular formula is C11H20O. The summed E-state index contributed by atoms with van der Waals surface area (Å²) in [6.07, 6.45) is 4.43. The Bertz CT molecular complexity index is 162. The lowest BCUT2D eigenvalue weighted by Gasteiger charge is -2.32. The highest BCUT2D eigenvalue weighted by atomic mass is 16.1. The van der Waals surface area contributed by atoms with Crippen molar-refractivity contribution in [3.8, 4) is 0 Å². The predicted octanol–water partition coefficient (Wildman–Crippen LogP) is 3.04. The molecule has 0 aliphatic heterocycles. The normalized spacial score (nSPS) is 36.4. The molecule has 1 rings (SSSR count). The quantitative estimate of drug-likeness (QED) is 0.619. The van der Waals surface area contributed by atoms with Crippen molar-refractivity contribution in [2.24, 2.45) is 17.8 Å². The van der Waals surface area contributed by atoms with E-state index in [2.05, 4.69) is 13.8 Å². The molecule has 1 heteroatoms. The molecule has 0 amide bonds. The first-order valence-corrected chi connectivity index (χ1v) is 5.19. The average molecular weight is 168 g/mol. The molecule has 1 aliphatic carbocycles. The molecule has 0 aromatic rings. The summed E-state index contributed by atoms with van der Waals surface area (Å²) in [5, 5.41) is 0. The molecule has 1 fully saturated rings. The van der Waals surface area contributed by atoms with E-state index in [0.717, 1.165) is 18.8 Å². The Labute approximate surface area is 75.5 Å². The maximum absolute atomic E-state index is 11.5. The molecule has 12 heavy (non-hydrogen) atoms. The van der Waals surface area contributed by atoms with E-state index < -0.39 is 0 Å². The van der Waals surface area contributed by atoms with Crippen LogP contribution in [0.5, 0.6) is 0 Å². The van der Waals surface area contributed by atoms with Gasteiger partial charge in [0.15, 0.2) is 0 Å². The zero-order valence-corrected chi connectivity index (χ0v) is 8.47. The van der Waals surface area contributed by atoms with Crippen LogP contribution in [0.1, 0.15) is 46.5 Å². The minimum Gasteiger partial charge on any atom is -0.299 e. The molecule has 1 nitrogen and oxygen atoms in total. The second-order valence-corrected chi connectivity index (χ2v) is 4.19. The first-order valence-electron chi connectivity index (χ1n) is 5.19. The lowest BCUT2D eigenvalue weighted by molar-refractivity contribution is -0.125. The topological polar surface area (TPSA) is 17.1 Å². The van der Waals surface area contributed by atoms with Crippen molar-refractivity contribution in [3.05, 3.63) is 0 Å². The van der Waals surface area contributed by atoms with Crippen molar-refractivity contribution in [3.63, 3.8) is 0 Å². The van der Waals surface area contributed by atoms with Crippen molar-refractivity contribution in [2.45, 2.75) is 46.5 Å². The number of Topliss-reactive ketones (excluding diaryl/α,β-unsaturated/α-hetero) is 1. The van der Waals surface area contributed by atoms with Gasteiger partial charge in [-0.15, -0.1) is 0 Å². The van der Waals surface area contributed by atoms with Crippen molar-refractivity contribution in [1.29, 1.82) is 0 Å². The lowest BCUT2D eigenvalue weighted by Crippen LogP contribution is -2.29. The van der Waals surface area contributed by atoms with E-state index in [0.29, 0.717) is 17.6 Å². The number of hydrogen-bond acceptors (Lipinski definition) is 1. The molecule has 1 saturated carbocycles. The fourth-order valence-electron chi connectivity index (χ4n) is 2.30. The van der Waals surface area contributed by atoms with E-state index in [9.17, 15) is 4.79 Å². The van der Waals surface area contributed by atoms with Crippen molar-refractivity contribution < 1.29 is 4.79 Å². The van der Waals surface area contributed by atoms with E-state index in [-0.39, 0.29) is 0 Å². The molecule has 0 N–H and O–H groups in total. The first kappa shape index (κ1) is 9.76.